The van der Waals surface area contributed by atoms with Crippen molar-refractivity contribution in [2.24, 2.45) is 5.92 Å². The van der Waals surface area contributed by atoms with E-state index in [1.807, 2.05) is 0 Å². The molecule has 0 N–H and O–H groups in total. The summed E-state index contributed by atoms with van der Waals surface area (Å²) in [7, 11) is -1.67. The molecule has 0 amide bonds. The smallest absolute Gasteiger partial charge is 0.0757 e. The van der Waals surface area contributed by atoms with Crippen molar-refractivity contribution in [1.29, 1.82) is 0 Å². The average Bonchev–Trinajstić information content (AvgIpc) is 3.12. The maximum Gasteiger partial charge on any atom is 0.102 e. The van der Waals surface area contributed by atoms with E-state index in [1.54, 1.807) is 16.3 Å². The van der Waals surface area contributed by atoms with Gasteiger partial charge in [0.25, 0.3) is 0 Å². The van der Waals surface area contributed by atoms with Gasteiger partial charge in [-0.1, -0.05) is 112 Å². The highest BCUT2D eigenvalue weighted by molar-refractivity contribution is 6.97. The van der Waals surface area contributed by atoms with Crippen molar-refractivity contribution in [2.45, 2.75) is 64.5 Å². The first-order valence-corrected chi connectivity index (χ1v) is 12.1. The highest BCUT2D eigenvalue weighted by atomic mass is 28.3. The molecule has 1 radical (unpaired) electrons. The summed E-state index contributed by atoms with van der Waals surface area (Å²) in [6, 6.07) is 11.5. The molecule has 1 heteroatoms. The molecule has 23 heavy (non-hydrogen) atoms. The normalized spacial score (nSPS) is 23.5. The SMILES string of the molecule is CCC(C)C1=CC=C[C]1[Si](C)(c1ccccc1)C1CCCCC1. The van der Waals surface area contributed by atoms with Crippen LogP contribution in [0, 0.1) is 11.5 Å². The summed E-state index contributed by atoms with van der Waals surface area (Å²) in [4.78, 5) is 0. The van der Waals surface area contributed by atoms with E-state index >= 15 is 0 Å². The van der Waals surface area contributed by atoms with Gasteiger partial charge < -0.3 is 0 Å². The zero-order chi connectivity index (χ0) is 16.3. The molecule has 0 nitrogen and oxygen atoms in total. The van der Waals surface area contributed by atoms with Crippen LogP contribution in [0.15, 0.2) is 54.1 Å². The molecule has 2 aliphatic carbocycles. The minimum atomic E-state index is -1.67. The number of hydrogen-bond donors (Lipinski definition) is 0. The fourth-order valence-corrected chi connectivity index (χ4v) is 9.67. The van der Waals surface area contributed by atoms with Crippen LogP contribution < -0.4 is 5.19 Å². The molecule has 2 unspecified atom stereocenters. The second-order valence-electron chi connectivity index (χ2n) is 7.61. The van der Waals surface area contributed by atoms with Gasteiger partial charge in [0.05, 0.1) is 0 Å². The van der Waals surface area contributed by atoms with E-state index in [9.17, 15) is 0 Å². The first kappa shape index (κ1) is 16.8. The molecular weight excluding hydrogens is 292 g/mol. The first-order chi connectivity index (χ1) is 11.2. The van der Waals surface area contributed by atoms with Crippen molar-refractivity contribution in [1.82, 2.24) is 0 Å². The zero-order valence-corrected chi connectivity index (χ0v) is 16.0. The first-order valence-electron chi connectivity index (χ1n) is 9.49. The number of hydrogen-bond acceptors (Lipinski definition) is 0. The van der Waals surface area contributed by atoms with Gasteiger partial charge in [-0.05, 0) is 17.9 Å². The molecule has 123 valence electrons. The van der Waals surface area contributed by atoms with Gasteiger partial charge in [0.15, 0.2) is 0 Å². The minimum Gasteiger partial charge on any atom is -0.0757 e. The third-order valence-corrected chi connectivity index (χ3v) is 11.7. The van der Waals surface area contributed by atoms with E-state index < -0.39 is 8.07 Å². The molecule has 2 aliphatic rings. The highest BCUT2D eigenvalue weighted by Gasteiger charge is 2.47. The summed E-state index contributed by atoms with van der Waals surface area (Å²) in [6.07, 6.45) is 15.6. The summed E-state index contributed by atoms with van der Waals surface area (Å²) in [5.41, 5.74) is 4.27. The standard InChI is InChI=1S/C22H31Si/c1-4-18(2)21-16-11-17-22(21)23(3,19-12-7-5-8-13-19)20-14-9-6-10-15-20/h5,7-8,11-13,16-18,20H,4,6,9-10,14-15H2,1-3H3. The van der Waals surface area contributed by atoms with E-state index in [-0.39, 0.29) is 0 Å². The molecule has 0 aromatic heterocycles. The van der Waals surface area contributed by atoms with Gasteiger partial charge in [0.2, 0.25) is 0 Å². The topological polar surface area (TPSA) is 0 Å². The van der Waals surface area contributed by atoms with Gasteiger partial charge in [0.1, 0.15) is 8.07 Å². The van der Waals surface area contributed by atoms with Gasteiger partial charge in [-0.3, -0.25) is 0 Å². The van der Waals surface area contributed by atoms with Crippen molar-refractivity contribution >= 4 is 13.3 Å². The minimum absolute atomic E-state index is 0.680. The van der Waals surface area contributed by atoms with Crippen LogP contribution in [0.2, 0.25) is 12.1 Å². The predicted molar refractivity (Wildman–Crippen MR) is 104 cm³/mol. The van der Waals surface area contributed by atoms with Crippen LogP contribution in [-0.4, -0.2) is 8.07 Å². The van der Waals surface area contributed by atoms with Crippen LogP contribution in [-0.2, 0) is 0 Å². The fraction of sp³-hybridized carbons (Fsp3) is 0.500. The summed E-state index contributed by atoms with van der Waals surface area (Å²) in [5, 5.41) is 1.64. The van der Waals surface area contributed by atoms with Crippen LogP contribution in [0.4, 0.5) is 0 Å². The van der Waals surface area contributed by atoms with Gasteiger partial charge in [-0.15, -0.1) is 0 Å². The molecule has 1 fully saturated rings. The van der Waals surface area contributed by atoms with Crippen LogP contribution >= 0.6 is 0 Å². The fourth-order valence-electron chi connectivity index (χ4n) is 4.63. The molecule has 2 atom stereocenters. The van der Waals surface area contributed by atoms with Crippen LogP contribution in [0.5, 0.6) is 0 Å². The summed E-state index contributed by atoms with van der Waals surface area (Å²) in [6.45, 7) is 7.38. The zero-order valence-electron chi connectivity index (χ0n) is 15.0. The lowest BCUT2D eigenvalue weighted by molar-refractivity contribution is 0.493. The Morgan fingerprint density at radius 3 is 2.43 bits per heavy atom. The summed E-state index contributed by atoms with van der Waals surface area (Å²) >= 11 is 0. The predicted octanol–water partition coefficient (Wildman–Crippen LogP) is 5.96. The van der Waals surface area contributed by atoms with Crippen molar-refractivity contribution in [3.63, 3.8) is 0 Å². The van der Waals surface area contributed by atoms with Crippen LogP contribution in [0.3, 0.4) is 0 Å². The van der Waals surface area contributed by atoms with Crippen molar-refractivity contribution < 1.29 is 0 Å². The highest BCUT2D eigenvalue weighted by Crippen LogP contribution is 2.47. The molecule has 3 rings (SSSR count). The van der Waals surface area contributed by atoms with Gasteiger partial charge in [-0.2, -0.15) is 0 Å². The Morgan fingerprint density at radius 1 is 1.09 bits per heavy atom. The van der Waals surface area contributed by atoms with Crippen molar-refractivity contribution in [3.05, 3.63) is 59.7 Å². The molecule has 0 spiro atoms. The molecule has 1 aromatic rings. The second-order valence-corrected chi connectivity index (χ2v) is 11.9. The maximum absolute atomic E-state index is 2.65. The Balaban J connectivity index is 2.02. The average molecular weight is 324 g/mol. The Morgan fingerprint density at radius 2 is 1.78 bits per heavy atom. The van der Waals surface area contributed by atoms with Crippen molar-refractivity contribution in [2.75, 3.05) is 0 Å². The molecule has 1 aromatic carbocycles. The van der Waals surface area contributed by atoms with Crippen LogP contribution in [0.25, 0.3) is 0 Å². The quantitative estimate of drug-likeness (QED) is 0.586. The van der Waals surface area contributed by atoms with E-state index in [4.69, 9.17) is 0 Å². The third-order valence-electron chi connectivity index (χ3n) is 6.35. The lowest BCUT2D eigenvalue weighted by atomic mass is 9.97. The Bertz CT molecular complexity index is 565. The second kappa shape index (κ2) is 7.21. The molecule has 0 bridgehead atoms. The number of rotatable bonds is 5. The lowest BCUT2D eigenvalue weighted by Gasteiger charge is -2.44. The number of benzene rings is 1. The van der Waals surface area contributed by atoms with Gasteiger partial charge in [-0.25, -0.2) is 0 Å². The number of allylic oxidation sites excluding steroid dienone is 4. The third kappa shape index (κ3) is 3.13. The van der Waals surface area contributed by atoms with E-state index in [1.165, 1.54) is 38.5 Å². The van der Waals surface area contributed by atoms with Gasteiger partial charge >= 0.3 is 0 Å². The van der Waals surface area contributed by atoms with E-state index in [0.717, 1.165) is 5.54 Å². The molecular formula is C22H31Si. The molecule has 0 aliphatic heterocycles. The van der Waals surface area contributed by atoms with Crippen molar-refractivity contribution in [3.8, 4) is 0 Å². The summed E-state index contributed by atoms with van der Waals surface area (Å²) < 4.78 is 0. The Kier molecular flexibility index (Phi) is 5.26. The maximum atomic E-state index is 2.65. The molecule has 0 saturated heterocycles. The Labute approximate surface area is 143 Å². The lowest BCUT2D eigenvalue weighted by Crippen LogP contribution is -2.55. The molecule has 1 saturated carbocycles. The van der Waals surface area contributed by atoms with E-state index in [0.29, 0.717) is 5.92 Å². The largest absolute Gasteiger partial charge is 0.102 e. The van der Waals surface area contributed by atoms with Gasteiger partial charge in [0, 0.05) is 5.54 Å². The van der Waals surface area contributed by atoms with Crippen LogP contribution in [0.1, 0.15) is 52.4 Å². The Hall–Kier alpha value is -1.08. The van der Waals surface area contributed by atoms with E-state index in [2.05, 4.69) is 69.0 Å². The molecule has 0 heterocycles. The monoisotopic (exact) mass is 323 g/mol. The summed E-state index contributed by atoms with van der Waals surface area (Å²) in [5.74, 6) is 0.680.